The Morgan fingerprint density at radius 3 is 3.10 bits per heavy atom. The van der Waals surface area contributed by atoms with Gasteiger partial charge in [0, 0.05) is 39.6 Å². The number of nitrogens with zero attached hydrogens (tertiary/aromatic N) is 1. The quantitative estimate of drug-likeness (QED) is 0.811. The minimum atomic E-state index is -0.0810. The van der Waals surface area contributed by atoms with E-state index in [1.165, 1.54) is 0 Å². The highest BCUT2D eigenvalue weighted by molar-refractivity contribution is 5.79. The van der Waals surface area contributed by atoms with Crippen molar-refractivity contribution in [3.8, 4) is 0 Å². The van der Waals surface area contributed by atoms with Crippen LogP contribution >= 0.6 is 0 Å². The van der Waals surface area contributed by atoms with Gasteiger partial charge in [-0.2, -0.15) is 0 Å². The van der Waals surface area contributed by atoms with E-state index in [0.717, 1.165) is 32.2 Å². The van der Waals surface area contributed by atoms with Crippen LogP contribution in [0.5, 0.6) is 0 Å². The minimum Gasteiger partial charge on any atom is -0.379 e. The summed E-state index contributed by atoms with van der Waals surface area (Å²) < 4.78 is 10.7. The Labute approximate surface area is 126 Å². The van der Waals surface area contributed by atoms with Crippen molar-refractivity contribution in [2.45, 2.75) is 50.7 Å². The SMILES string of the molecule is CO[C@@H]1COCC[C@H]1NC(=O)CCN1CCCCCC1=O. The predicted molar refractivity (Wildman–Crippen MR) is 77.8 cm³/mol. The van der Waals surface area contributed by atoms with Crippen molar-refractivity contribution >= 4 is 11.8 Å². The van der Waals surface area contributed by atoms with Crippen molar-refractivity contribution < 1.29 is 19.1 Å². The number of carbonyl (C=O) groups is 2. The molecule has 2 fully saturated rings. The third-order valence-corrected chi connectivity index (χ3v) is 4.23. The summed E-state index contributed by atoms with van der Waals surface area (Å²) in [4.78, 5) is 25.8. The van der Waals surface area contributed by atoms with Crippen LogP contribution in [0, 0.1) is 0 Å². The summed E-state index contributed by atoms with van der Waals surface area (Å²) in [7, 11) is 1.63. The Morgan fingerprint density at radius 1 is 1.43 bits per heavy atom. The summed E-state index contributed by atoms with van der Waals surface area (Å²) in [5, 5.41) is 3.01. The number of hydrogen-bond donors (Lipinski definition) is 1. The van der Waals surface area contributed by atoms with E-state index in [0.29, 0.717) is 32.6 Å². The van der Waals surface area contributed by atoms with Gasteiger partial charge in [-0.25, -0.2) is 0 Å². The second kappa shape index (κ2) is 8.34. The molecule has 0 saturated carbocycles. The predicted octanol–water partition coefficient (Wildman–Crippen LogP) is 0.699. The van der Waals surface area contributed by atoms with Crippen LogP contribution in [-0.4, -0.2) is 62.3 Å². The average molecular weight is 298 g/mol. The zero-order chi connectivity index (χ0) is 15.1. The molecule has 1 N–H and O–H groups in total. The van der Waals surface area contributed by atoms with Gasteiger partial charge in [-0.15, -0.1) is 0 Å². The van der Waals surface area contributed by atoms with Gasteiger partial charge in [0.05, 0.1) is 12.6 Å². The second-order valence-electron chi connectivity index (χ2n) is 5.75. The van der Waals surface area contributed by atoms with E-state index in [4.69, 9.17) is 9.47 Å². The van der Waals surface area contributed by atoms with E-state index in [1.54, 1.807) is 7.11 Å². The summed E-state index contributed by atoms with van der Waals surface area (Å²) in [5.41, 5.74) is 0. The highest BCUT2D eigenvalue weighted by atomic mass is 16.5. The summed E-state index contributed by atoms with van der Waals surface area (Å²) in [6.07, 6.45) is 4.78. The fourth-order valence-corrected chi connectivity index (χ4v) is 2.90. The van der Waals surface area contributed by atoms with E-state index < -0.39 is 0 Å². The van der Waals surface area contributed by atoms with Crippen molar-refractivity contribution in [1.29, 1.82) is 0 Å². The van der Waals surface area contributed by atoms with Crippen LogP contribution in [0.15, 0.2) is 0 Å². The number of hydrogen-bond acceptors (Lipinski definition) is 4. The van der Waals surface area contributed by atoms with E-state index >= 15 is 0 Å². The van der Waals surface area contributed by atoms with Crippen molar-refractivity contribution in [3.05, 3.63) is 0 Å². The Hall–Kier alpha value is -1.14. The molecule has 2 rings (SSSR count). The molecule has 21 heavy (non-hydrogen) atoms. The third kappa shape index (κ3) is 4.97. The van der Waals surface area contributed by atoms with Crippen molar-refractivity contribution in [2.24, 2.45) is 0 Å². The molecule has 2 aliphatic heterocycles. The van der Waals surface area contributed by atoms with Gasteiger partial charge in [-0.1, -0.05) is 6.42 Å². The highest BCUT2D eigenvalue weighted by Crippen LogP contribution is 2.13. The lowest BCUT2D eigenvalue weighted by molar-refractivity contribution is -0.131. The molecule has 0 aromatic rings. The molecule has 0 spiro atoms. The molecule has 6 heteroatoms. The van der Waals surface area contributed by atoms with Gasteiger partial charge in [0.1, 0.15) is 6.10 Å². The average Bonchev–Trinajstić information content (AvgIpc) is 2.70. The Kier molecular flexibility index (Phi) is 6.45. The second-order valence-corrected chi connectivity index (χ2v) is 5.75. The molecule has 0 radical (unpaired) electrons. The molecule has 6 nitrogen and oxygen atoms in total. The highest BCUT2D eigenvalue weighted by Gasteiger charge is 2.27. The van der Waals surface area contributed by atoms with Gasteiger partial charge in [-0.3, -0.25) is 9.59 Å². The summed E-state index contributed by atoms with van der Waals surface area (Å²) in [6.45, 7) is 2.47. The first-order valence-corrected chi connectivity index (χ1v) is 7.88. The molecule has 0 aliphatic carbocycles. The molecular formula is C15H26N2O4. The smallest absolute Gasteiger partial charge is 0.222 e. The zero-order valence-electron chi connectivity index (χ0n) is 12.8. The van der Waals surface area contributed by atoms with Gasteiger partial charge in [0.15, 0.2) is 0 Å². The molecule has 2 amide bonds. The zero-order valence-corrected chi connectivity index (χ0v) is 12.8. The molecule has 120 valence electrons. The normalized spacial score (nSPS) is 27.3. The number of carbonyl (C=O) groups excluding carboxylic acids is 2. The van der Waals surface area contributed by atoms with Crippen LogP contribution in [0.3, 0.4) is 0 Å². The molecule has 2 saturated heterocycles. The lowest BCUT2D eigenvalue weighted by atomic mass is 10.1. The topological polar surface area (TPSA) is 67.9 Å². The first-order chi connectivity index (χ1) is 10.2. The summed E-state index contributed by atoms with van der Waals surface area (Å²) in [5.74, 6) is 0.169. The van der Waals surface area contributed by atoms with Gasteiger partial charge >= 0.3 is 0 Å². The molecule has 0 aromatic carbocycles. The molecular weight excluding hydrogens is 272 g/mol. The maximum atomic E-state index is 12.1. The van der Waals surface area contributed by atoms with Gasteiger partial charge in [0.25, 0.3) is 0 Å². The summed E-state index contributed by atoms with van der Waals surface area (Å²) >= 11 is 0. The number of nitrogens with one attached hydrogen (secondary N) is 1. The first kappa shape index (κ1) is 16.2. The monoisotopic (exact) mass is 298 g/mol. The Bertz CT molecular complexity index is 362. The molecule has 0 unspecified atom stereocenters. The molecule has 0 aromatic heterocycles. The molecule has 2 atom stereocenters. The molecule has 0 bridgehead atoms. The van der Waals surface area contributed by atoms with Crippen LogP contribution in [0.2, 0.25) is 0 Å². The maximum absolute atomic E-state index is 12.1. The van der Waals surface area contributed by atoms with Crippen molar-refractivity contribution in [1.82, 2.24) is 10.2 Å². The largest absolute Gasteiger partial charge is 0.379 e. The van der Waals surface area contributed by atoms with Crippen molar-refractivity contribution in [3.63, 3.8) is 0 Å². The van der Waals surface area contributed by atoms with E-state index in [-0.39, 0.29) is 24.0 Å². The van der Waals surface area contributed by atoms with Crippen LogP contribution in [-0.2, 0) is 19.1 Å². The minimum absolute atomic E-state index is 0.0103. The Morgan fingerprint density at radius 2 is 2.29 bits per heavy atom. The lowest BCUT2D eigenvalue weighted by Crippen LogP contribution is -2.50. The number of amides is 2. The van der Waals surface area contributed by atoms with E-state index in [1.807, 2.05) is 4.90 Å². The molecule has 2 heterocycles. The van der Waals surface area contributed by atoms with Gasteiger partial charge in [-0.05, 0) is 19.3 Å². The van der Waals surface area contributed by atoms with Gasteiger partial charge in [0.2, 0.25) is 11.8 Å². The van der Waals surface area contributed by atoms with Gasteiger partial charge < -0.3 is 19.7 Å². The van der Waals surface area contributed by atoms with Crippen LogP contribution in [0.4, 0.5) is 0 Å². The molecule has 2 aliphatic rings. The number of rotatable bonds is 5. The fourth-order valence-electron chi connectivity index (χ4n) is 2.90. The maximum Gasteiger partial charge on any atom is 0.222 e. The standard InChI is InChI=1S/C15H26N2O4/c1-20-13-11-21-10-7-12(13)16-14(18)6-9-17-8-4-2-3-5-15(17)19/h12-13H,2-11H2,1H3,(H,16,18)/t12-,13-/m1/s1. The van der Waals surface area contributed by atoms with Crippen LogP contribution < -0.4 is 5.32 Å². The number of methoxy groups -OCH3 is 1. The van der Waals surface area contributed by atoms with Crippen LogP contribution in [0.1, 0.15) is 38.5 Å². The number of likely N-dealkylation sites (tertiary alicyclic amines) is 1. The number of ether oxygens (including phenoxy) is 2. The summed E-state index contributed by atoms with van der Waals surface area (Å²) in [6, 6.07) is 0.0103. The Balaban J connectivity index is 1.74. The van der Waals surface area contributed by atoms with Crippen LogP contribution in [0.25, 0.3) is 0 Å². The first-order valence-electron chi connectivity index (χ1n) is 7.88. The third-order valence-electron chi connectivity index (χ3n) is 4.23. The van der Waals surface area contributed by atoms with E-state index in [9.17, 15) is 9.59 Å². The fraction of sp³-hybridized carbons (Fsp3) is 0.867. The van der Waals surface area contributed by atoms with E-state index in [2.05, 4.69) is 5.32 Å². The lowest BCUT2D eigenvalue weighted by Gasteiger charge is -2.31. The van der Waals surface area contributed by atoms with Crippen molar-refractivity contribution in [2.75, 3.05) is 33.4 Å².